The number of hydrogen-bond acceptors (Lipinski definition) is 4. The summed E-state index contributed by atoms with van der Waals surface area (Å²) in [5.74, 6) is -0.123. The fraction of sp³-hybridized carbons (Fsp3) is 0.529. The predicted molar refractivity (Wildman–Crippen MR) is 86.3 cm³/mol. The molecule has 3 atom stereocenters. The van der Waals surface area contributed by atoms with E-state index < -0.39 is 27.4 Å². The molecule has 124 valence electrons. The molecule has 1 aliphatic heterocycles. The van der Waals surface area contributed by atoms with Gasteiger partial charge in [0.05, 0.1) is 16.8 Å². The van der Waals surface area contributed by atoms with Crippen LogP contribution in [0.1, 0.15) is 40.0 Å². The highest BCUT2D eigenvalue weighted by Gasteiger charge is 2.75. The maximum atomic E-state index is 13.1. The molecular weight excluding hydrogens is 314 g/mol. The molecule has 0 unspecified atom stereocenters. The second-order valence-electron chi connectivity index (χ2n) is 6.96. The molecular formula is C17H21NO4S. The third-order valence-corrected chi connectivity index (χ3v) is 6.13. The van der Waals surface area contributed by atoms with Crippen molar-refractivity contribution in [2.75, 3.05) is 0 Å². The fourth-order valence-corrected chi connectivity index (χ4v) is 5.09. The number of Topliss-reactive ketones (excluding diaryl/α,β-unsaturated/α-hetero) is 1. The normalized spacial score (nSPS) is 28.0. The lowest BCUT2D eigenvalue weighted by Gasteiger charge is -2.22. The lowest BCUT2D eigenvalue weighted by molar-refractivity contribution is -0.120. The van der Waals surface area contributed by atoms with E-state index in [0.717, 1.165) is 6.42 Å². The van der Waals surface area contributed by atoms with E-state index in [9.17, 15) is 13.8 Å². The number of fused-ring (bicyclic) bond motifs is 1. The average molecular weight is 335 g/mol. The SMILES string of the molecule is CC(C)(C)OC(=O)N1[C@@H]2CCCC(=O)[C@@]21[S@@](=O)c1ccccc1. The van der Waals surface area contributed by atoms with E-state index in [0.29, 0.717) is 17.7 Å². The molecule has 1 aliphatic carbocycles. The van der Waals surface area contributed by atoms with Gasteiger partial charge in [0.2, 0.25) is 4.87 Å². The van der Waals surface area contributed by atoms with Gasteiger partial charge in [0.1, 0.15) is 5.60 Å². The summed E-state index contributed by atoms with van der Waals surface area (Å²) in [6.07, 6.45) is 1.20. The zero-order chi connectivity index (χ0) is 16.8. The van der Waals surface area contributed by atoms with Crippen LogP contribution in [0.5, 0.6) is 0 Å². The molecule has 1 amide bonds. The van der Waals surface area contributed by atoms with Crippen molar-refractivity contribution in [3.63, 3.8) is 0 Å². The summed E-state index contributed by atoms with van der Waals surface area (Å²) >= 11 is 0. The summed E-state index contributed by atoms with van der Waals surface area (Å²) in [6, 6.07) is 8.54. The molecule has 6 heteroatoms. The van der Waals surface area contributed by atoms with E-state index >= 15 is 0 Å². The van der Waals surface area contributed by atoms with Crippen molar-refractivity contribution in [2.45, 2.75) is 61.4 Å². The van der Waals surface area contributed by atoms with Gasteiger partial charge in [-0.1, -0.05) is 18.2 Å². The molecule has 1 saturated carbocycles. The minimum Gasteiger partial charge on any atom is -0.444 e. The number of carbonyl (C=O) groups excluding carboxylic acids is 2. The van der Waals surface area contributed by atoms with E-state index in [-0.39, 0.29) is 11.8 Å². The van der Waals surface area contributed by atoms with Crippen molar-refractivity contribution in [3.05, 3.63) is 30.3 Å². The van der Waals surface area contributed by atoms with Crippen molar-refractivity contribution in [2.24, 2.45) is 0 Å². The van der Waals surface area contributed by atoms with Gasteiger partial charge in [-0.25, -0.2) is 4.79 Å². The minimum atomic E-state index is -1.59. The van der Waals surface area contributed by atoms with Gasteiger partial charge >= 0.3 is 6.09 Å². The average Bonchev–Trinajstić information content (AvgIpc) is 3.17. The second-order valence-corrected chi connectivity index (χ2v) is 8.59. The van der Waals surface area contributed by atoms with Gasteiger partial charge in [-0.15, -0.1) is 0 Å². The number of benzene rings is 1. The molecule has 5 nitrogen and oxygen atoms in total. The van der Waals surface area contributed by atoms with Crippen molar-refractivity contribution >= 4 is 22.7 Å². The Balaban J connectivity index is 1.95. The van der Waals surface area contributed by atoms with Crippen LogP contribution in [-0.2, 0) is 20.3 Å². The summed E-state index contributed by atoms with van der Waals surface area (Å²) in [5.41, 5.74) is -0.651. The van der Waals surface area contributed by atoms with Crippen LogP contribution in [0.2, 0.25) is 0 Å². The van der Waals surface area contributed by atoms with Crippen molar-refractivity contribution in [1.29, 1.82) is 0 Å². The Hall–Kier alpha value is -1.69. The minimum absolute atomic E-state index is 0.123. The Kier molecular flexibility index (Phi) is 3.83. The van der Waals surface area contributed by atoms with Crippen LogP contribution in [-0.4, -0.2) is 37.5 Å². The predicted octanol–water partition coefficient (Wildman–Crippen LogP) is 2.86. The van der Waals surface area contributed by atoms with Crippen LogP contribution in [0.25, 0.3) is 0 Å². The third kappa shape index (κ3) is 2.59. The van der Waals surface area contributed by atoms with Crippen LogP contribution in [0.15, 0.2) is 35.2 Å². The number of carbonyl (C=O) groups is 2. The fourth-order valence-electron chi connectivity index (χ4n) is 3.22. The molecule has 1 aromatic carbocycles. The number of ketones is 1. The molecule has 0 aromatic heterocycles. The van der Waals surface area contributed by atoms with Crippen molar-refractivity contribution in [1.82, 2.24) is 4.90 Å². The molecule has 23 heavy (non-hydrogen) atoms. The quantitative estimate of drug-likeness (QED) is 0.780. The lowest BCUT2D eigenvalue weighted by Crippen LogP contribution is -2.40. The van der Waals surface area contributed by atoms with Crippen LogP contribution < -0.4 is 0 Å². The zero-order valence-corrected chi connectivity index (χ0v) is 14.4. The smallest absolute Gasteiger partial charge is 0.412 e. The summed E-state index contributed by atoms with van der Waals surface area (Å²) in [6.45, 7) is 5.34. The molecule has 3 rings (SSSR count). The number of rotatable bonds is 2. The van der Waals surface area contributed by atoms with Crippen molar-refractivity contribution < 1.29 is 18.5 Å². The first kappa shape index (κ1) is 16.2. The molecule has 1 saturated heterocycles. The second kappa shape index (κ2) is 5.44. The topological polar surface area (TPSA) is 63.5 Å². The summed E-state index contributed by atoms with van der Waals surface area (Å²) in [4.78, 5) is 25.8. The molecule has 0 bridgehead atoms. The highest BCUT2D eigenvalue weighted by Crippen LogP contribution is 2.53. The monoisotopic (exact) mass is 335 g/mol. The van der Waals surface area contributed by atoms with Crippen LogP contribution in [0.4, 0.5) is 4.79 Å². The molecule has 2 fully saturated rings. The number of likely N-dealkylation sites (tertiary alicyclic amines) is 1. The molecule has 0 spiro atoms. The van der Waals surface area contributed by atoms with Gasteiger partial charge in [0.15, 0.2) is 5.78 Å². The molecule has 1 aromatic rings. The Labute approximate surface area is 138 Å². The number of amides is 1. The van der Waals surface area contributed by atoms with Crippen LogP contribution in [0, 0.1) is 0 Å². The number of ether oxygens (including phenoxy) is 1. The molecule has 1 heterocycles. The molecule has 0 N–H and O–H groups in total. The number of nitrogens with zero attached hydrogens (tertiary/aromatic N) is 1. The Morgan fingerprint density at radius 2 is 1.96 bits per heavy atom. The van der Waals surface area contributed by atoms with E-state index in [1.54, 1.807) is 45.0 Å². The zero-order valence-electron chi connectivity index (χ0n) is 13.6. The Bertz CT molecular complexity index is 667. The van der Waals surface area contributed by atoms with Gasteiger partial charge < -0.3 is 4.74 Å². The maximum Gasteiger partial charge on any atom is 0.412 e. The maximum absolute atomic E-state index is 13.1. The first-order valence-electron chi connectivity index (χ1n) is 7.81. The Morgan fingerprint density at radius 1 is 1.30 bits per heavy atom. The highest BCUT2D eigenvalue weighted by atomic mass is 32.2. The van der Waals surface area contributed by atoms with Gasteiger partial charge in [0.25, 0.3) is 0 Å². The lowest BCUT2D eigenvalue weighted by atomic mass is 9.99. The van der Waals surface area contributed by atoms with E-state index in [1.165, 1.54) is 4.90 Å². The summed E-state index contributed by atoms with van der Waals surface area (Å²) < 4.78 is 18.5. The van der Waals surface area contributed by atoms with Gasteiger partial charge in [-0.2, -0.15) is 0 Å². The van der Waals surface area contributed by atoms with E-state index in [2.05, 4.69) is 0 Å². The van der Waals surface area contributed by atoms with Gasteiger partial charge in [0, 0.05) is 11.3 Å². The Morgan fingerprint density at radius 3 is 2.57 bits per heavy atom. The molecule has 0 radical (unpaired) electrons. The number of hydrogen-bond donors (Lipinski definition) is 0. The highest BCUT2D eigenvalue weighted by molar-refractivity contribution is 7.87. The largest absolute Gasteiger partial charge is 0.444 e. The van der Waals surface area contributed by atoms with Crippen LogP contribution >= 0.6 is 0 Å². The first-order valence-corrected chi connectivity index (χ1v) is 8.96. The van der Waals surface area contributed by atoms with Gasteiger partial charge in [-0.05, 0) is 45.7 Å². The van der Waals surface area contributed by atoms with Crippen molar-refractivity contribution in [3.8, 4) is 0 Å². The summed E-state index contributed by atoms with van der Waals surface area (Å²) in [7, 11) is -1.59. The summed E-state index contributed by atoms with van der Waals surface area (Å²) in [5, 5.41) is 0. The molecule has 2 aliphatic rings. The first-order chi connectivity index (χ1) is 10.8. The van der Waals surface area contributed by atoms with Gasteiger partial charge in [-0.3, -0.25) is 13.9 Å². The van der Waals surface area contributed by atoms with Crippen LogP contribution in [0.3, 0.4) is 0 Å². The third-order valence-electron chi connectivity index (χ3n) is 4.16. The standard InChI is InChI=1S/C17H21NO4S/c1-16(2,3)22-15(20)18-13-10-7-11-14(19)17(13,18)23(21)12-8-5-4-6-9-12/h4-6,8-9,13H,7,10-11H2,1-3H3/t13-,17+,18?,23+/m1/s1. The van der Waals surface area contributed by atoms with E-state index in [4.69, 9.17) is 4.74 Å². The van der Waals surface area contributed by atoms with E-state index in [1.807, 2.05) is 6.07 Å².